The van der Waals surface area contributed by atoms with Gasteiger partial charge in [0.05, 0.1) is 6.10 Å². The molecule has 0 aromatic heterocycles. The Balaban J connectivity index is 1.62. The van der Waals surface area contributed by atoms with Crippen LogP contribution in [0, 0.1) is 46.3 Å². The molecule has 0 radical (unpaired) electrons. The fraction of sp³-hybridized carbons (Fsp3) is 0.917. The fourth-order valence-corrected chi connectivity index (χ4v) is 8.47. The lowest BCUT2D eigenvalue weighted by Gasteiger charge is -2.61. The van der Waals surface area contributed by atoms with Gasteiger partial charge in [-0.05, 0) is 79.4 Å². The largest absolute Gasteiger partial charge is 0.481 e. The van der Waals surface area contributed by atoms with E-state index in [4.69, 9.17) is 5.11 Å². The van der Waals surface area contributed by atoms with Gasteiger partial charge in [-0.3, -0.25) is 9.59 Å². The van der Waals surface area contributed by atoms with Crippen LogP contribution in [0.3, 0.4) is 0 Å². The molecular weight excluding hydrogens is 352 g/mol. The first-order chi connectivity index (χ1) is 13.2. The van der Waals surface area contributed by atoms with Gasteiger partial charge in [0.1, 0.15) is 5.78 Å². The molecular formula is C24H38O4. The smallest absolute Gasteiger partial charge is 0.303 e. The third-order valence-corrected chi connectivity index (χ3v) is 10.0. The standard InChI is InChI=1S/C24H38O4/c1-14(7-10-21(27)28)16-8-9-17-22-18(13-20(26)24(16,17)3)23(2)11-5-4-6-15(23)12-19(22)25/h14-19,22,25H,4-13H2,1-3H3,(H,27,28)/t14-,15+,16-,17+,18+,19+,22+,23+,24-/m1/s1. The van der Waals surface area contributed by atoms with Gasteiger partial charge < -0.3 is 10.2 Å². The summed E-state index contributed by atoms with van der Waals surface area (Å²) in [5.74, 6) is 1.58. The van der Waals surface area contributed by atoms with E-state index in [0.717, 1.165) is 19.3 Å². The second-order valence-corrected chi connectivity index (χ2v) is 11.0. The summed E-state index contributed by atoms with van der Waals surface area (Å²) in [5.41, 5.74) is -0.163. The monoisotopic (exact) mass is 390 g/mol. The normalized spacial score (nSPS) is 49.1. The molecule has 4 fully saturated rings. The topological polar surface area (TPSA) is 74.6 Å². The quantitative estimate of drug-likeness (QED) is 0.730. The number of carbonyl (C=O) groups is 2. The number of hydrogen-bond donors (Lipinski definition) is 2. The Morgan fingerprint density at radius 1 is 1.18 bits per heavy atom. The van der Waals surface area contributed by atoms with Crippen LogP contribution in [0.5, 0.6) is 0 Å². The number of rotatable bonds is 4. The highest BCUT2D eigenvalue weighted by molar-refractivity contribution is 5.87. The third kappa shape index (κ3) is 2.88. The predicted molar refractivity (Wildman–Crippen MR) is 108 cm³/mol. The van der Waals surface area contributed by atoms with Gasteiger partial charge in [0.15, 0.2) is 0 Å². The first-order valence-corrected chi connectivity index (χ1v) is 11.6. The van der Waals surface area contributed by atoms with Crippen molar-refractivity contribution >= 4 is 11.8 Å². The van der Waals surface area contributed by atoms with Crippen LogP contribution < -0.4 is 0 Å². The van der Waals surface area contributed by atoms with E-state index in [-0.39, 0.29) is 47.0 Å². The molecule has 4 nitrogen and oxygen atoms in total. The number of ketones is 1. The van der Waals surface area contributed by atoms with E-state index in [9.17, 15) is 14.7 Å². The Kier molecular flexibility index (Phi) is 5.17. The molecule has 9 atom stereocenters. The molecule has 158 valence electrons. The van der Waals surface area contributed by atoms with E-state index in [1.54, 1.807) is 0 Å². The lowest BCUT2D eigenvalue weighted by atomic mass is 9.43. The van der Waals surface area contributed by atoms with Crippen LogP contribution in [0.2, 0.25) is 0 Å². The zero-order valence-electron chi connectivity index (χ0n) is 17.8. The van der Waals surface area contributed by atoms with Gasteiger partial charge in [-0.15, -0.1) is 0 Å². The van der Waals surface area contributed by atoms with Crippen LogP contribution in [0.15, 0.2) is 0 Å². The molecule has 2 N–H and O–H groups in total. The maximum absolute atomic E-state index is 13.6. The number of aliphatic hydroxyl groups excluding tert-OH is 1. The number of aliphatic hydroxyl groups is 1. The van der Waals surface area contributed by atoms with Crippen LogP contribution >= 0.6 is 0 Å². The Morgan fingerprint density at radius 3 is 2.64 bits per heavy atom. The molecule has 0 spiro atoms. The lowest BCUT2D eigenvalue weighted by Crippen LogP contribution is -2.60. The zero-order chi connectivity index (χ0) is 20.3. The molecule has 0 aromatic rings. The number of hydrogen-bond acceptors (Lipinski definition) is 3. The highest BCUT2D eigenvalue weighted by atomic mass is 16.4. The third-order valence-electron chi connectivity index (χ3n) is 10.0. The minimum absolute atomic E-state index is 0.182. The van der Waals surface area contributed by atoms with Crippen LogP contribution in [0.1, 0.15) is 85.0 Å². The minimum Gasteiger partial charge on any atom is -0.481 e. The molecule has 4 aliphatic rings. The van der Waals surface area contributed by atoms with Crippen molar-refractivity contribution in [2.75, 3.05) is 0 Å². The van der Waals surface area contributed by atoms with E-state index in [1.165, 1.54) is 25.7 Å². The Morgan fingerprint density at radius 2 is 1.93 bits per heavy atom. The van der Waals surface area contributed by atoms with Gasteiger partial charge in [-0.2, -0.15) is 0 Å². The van der Waals surface area contributed by atoms with Crippen molar-refractivity contribution in [2.24, 2.45) is 46.3 Å². The van der Waals surface area contributed by atoms with Gasteiger partial charge >= 0.3 is 5.97 Å². The summed E-state index contributed by atoms with van der Waals surface area (Å²) in [7, 11) is 0. The maximum atomic E-state index is 13.6. The second kappa shape index (κ2) is 7.11. The Bertz CT molecular complexity index is 645. The summed E-state index contributed by atoms with van der Waals surface area (Å²) in [6.07, 6.45) is 9.07. The van der Waals surface area contributed by atoms with Crippen molar-refractivity contribution in [2.45, 2.75) is 91.1 Å². The summed E-state index contributed by atoms with van der Waals surface area (Å²) < 4.78 is 0. The molecule has 0 saturated heterocycles. The number of aliphatic carboxylic acids is 1. The molecule has 0 amide bonds. The summed E-state index contributed by atoms with van der Waals surface area (Å²) in [5, 5.41) is 20.3. The average molecular weight is 391 g/mol. The Labute approximate surface area is 169 Å². The molecule has 0 aliphatic heterocycles. The molecule has 28 heavy (non-hydrogen) atoms. The predicted octanol–water partition coefficient (Wildman–Crippen LogP) is 4.69. The molecule has 4 heteroatoms. The molecule has 0 heterocycles. The van der Waals surface area contributed by atoms with Crippen LogP contribution in [-0.2, 0) is 9.59 Å². The fourth-order valence-electron chi connectivity index (χ4n) is 8.47. The zero-order valence-corrected chi connectivity index (χ0v) is 17.8. The molecule has 4 rings (SSSR count). The van der Waals surface area contributed by atoms with Gasteiger partial charge in [-0.25, -0.2) is 0 Å². The van der Waals surface area contributed by atoms with Gasteiger partial charge in [0.25, 0.3) is 0 Å². The van der Waals surface area contributed by atoms with Gasteiger partial charge in [0.2, 0.25) is 0 Å². The van der Waals surface area contributed by atoms with Crippen molar-refractivity contribution < 1.29 is 19.8 Å². The molecule has 4 saturated carbocycles. The van der Waals surface area contributed by atoms with Crippen molar-refractivity contribution in [1.29, 1.82) is 0 Å². The average Bonchev–Trinajstić information content (AvgIpc) is 3.00. The van der Waals surface area contributed by atoms with Crippen molar-refractivity contribution in [1.82, 2.24) is 0 Å². The van der Waals surface area contributed by atoms with E-state index < -0.39 is 5.97 Å². The number of carboxylic acid groups (broad SMARTS) is 1. The number of carbonyl (C=O) groups excluding carboxylic acids is 1. The SMILES string of the molecule is C[C@H](CCC(=O)O)[C@H]1CC[C@H]2[C@@H]3[C@@H](O)C[C@@H]4CCCC[C@]4(C)[C@H]3CC(=O)[C@]12C. The molecule has 0 aromatic carbocycles. The summed E-state index contributed by atoms with van der Waals surface area (Å²) in [4.78, 5) is 24.7. The number of carboxylic acids is 1. The summed E-state index contributed by atoms with van der Waals surface area (Å²) in [6.45, 7) is 6.71. The maximum Gasteiger partial charge on any atom is 0.303 e. The lowest BCUT2D eigenvalue weighted by molar-refractivity contribution is -0.176. The summed E-state index contributed by atoms with van der Waals surface area (Å²) in [6, 6.07) is 0. The number of fused-ring (bicyclic) bond motifs is 5. The van der Waals surface area contributed by atoms with E-state index in [2.05, 4.69) is 20.8 Å². The number of Topliss-reactive ketones (excluding diaryl/α,β-unsaturated/α-hetero) is 1. The highest BCUT2D eigenvalue weighted by Crippen LogP contribution is 2.67. The van der Waals surface area contributed by atoms with E-state index in [1.807, 2.05) is 0 Å². The van der Waals surface area contributed by atoms with Crippen molar-refractivity contribution in [3.8, 4) is 0 Å². The van der Waals surface area contributed by atoms with Crippen molar-refractivity contribution in [3.63, 3.8) is 0 Å². The molecule has 0 bridgehead atoms. The van der Waals surface area contributed by atoms with Gasteiger partial charge in [-0.1, -0.05) is 33.6 Å². The summed E-state index contributed by atoms with van der Waals surface area (Å²) >= 11 is 0. The van der Waals surface area contributed by atoms with Crippen LogP contribution in [-0.4, -0.2) is 28.1 Å². The molecule has 0 unspecified atom stereocenters. The minimum atomic E-state index is -0.749. The molecule has 4 aliphatic carbocycles. The first kappa shape index (κ1) is 20.4. The van der Waals surface area contributed by atoms with Crippen LogP contribution in [0.25, 0.3) is 0 Å². The van der Waals surface area contributed by atoms with Crippen molar-refractivity contribution in [3.05, 3.63) is 0 Å². The highest BCUT2D eigenvalue weighted by Gasteiger charge is 2.65. The van der Waals surface area contributed by atoms with E-state index >= 15 is 0 Å². The van der Waals surface area contributed by atoms with Crippen LogP contribution in [0.4, 0.5) is 0 Å². The first-order valence-electron chi connectivity index (χ1n) is 11.6. The van der Waals surface area contributed by atoms with Gasteiger partial charge in [0, 0.05) is 18.3 Å². The Hall–Kier alpha value is -0.900. The second-order valence-electron chi connectivity index (χ2n) is 11.0. The van der Waals surface area contributed by atoms with E-state index in [0.29, 0.717) is 30.5 Å².